The third-order valence-corrected chi connectivity index (χ3v) is 7.50. The van der Waals surface area contributed by atoms with Gasteiger partial charge in [-0.15, -0.1) is 11.3 Å². The fourth-order valence-electron chi connectivity index (χ4n) is 3.81. The van der Waals surface area contributed by atoms with Crippen LogP contribution in [-0.2, 0) is 17.6 Å². The highest BCUT2D eigenvalue weighted by Gasteiger charge is 2.27. The highest BCUT2D eigenvalue weighted by atomic mass is 32.2. The highest BCUT2D eigenvalue weighted by molar-refractivity contribution is 7.99. The maximum atomic E-state index is 12.6. The second-order valence-electron chi connectivity index (χ2n) is 7.92. The van der Waals surface area contributed by atoms with Crippen LogP contribution in [0.25, 0.3) is 11.3 Å². The second-order valence-corrected chi connectivity index (χ2v) is 9.99. The predicted octanol–water partition coefficient (Wildman–Crippen LogP) is 3.46. The van der Waals surface area contributed by atoms with Gasteiger partial charge in [0.25, 0.3) is 11.5 Å². The molecule has 1 atom stereocenters. The standard InChI is InChI=1S/C23H24N4O4S2/c1-12-3-8-15-17(9-12)33-22(20(15)21(24)30)26-19(29)11-32-23-25-16(10-18(28)27-23)13-4-6-14(31-2)7-5-13/h4-7,10,12H,3,8-9,11H2,1-2H3,(H2,24,30)(H,26,29)(H,25,27,28). The molecule has 33 heavy (non-hydrogen) atoms. The first-order valence-electron chi connectivity index (χ1n) is 10.5. The molecule has 0 fully saturated rings. The maximum Gasteiger partial charge on any atom is 0.252 e. The number of anilines is 1. The molecule has 8 nitrogen and oxygen atoms in total. The van der Waals surface area contributed by atoms with Crippen LogP contribution in [0.15, 0.2) is 40.3 Å². The first-order valence-corrected chi connectivity index (χ1v) is 12.3. The number of nitrogens with one attached hydrogen (secondary N) is 2. The van der Waals surface area contributed by atoms with Crippen molar-refractivity contribution in [1.82, 2.24) is 9.97 Å². The number of methoxy groups -OCH3 is 1. The lowest BCUT2D eigenvalue weighted by Gasteiger charge is -2.18. The number of H-pyrrole nitrogens is 1. The number of hydrogen-bond donors (Lipinski definition) is 3. The molecule has 1 aromatic carbocycles. The molecular weight excluding hydrogens is 460 g/mol. The van der Waals surface area contributed by atoms with Gasteiger partial charge in [0.1, 0.15) is 10.8 Å². The molecule has 2 aromatic heterocycles. The van der Waals surface area contributed by atoms with E-state index in [0.29, 0.717) is 33.1 Å². The Morgan fingerprint density at radius 1 is 1.33 bits per heavy atom. The number of thiophene rings is 1. The summed E-state index contributed by atoms with van der Waals surface area (Å²) in [6, 6.07) is 8.60. The predicted molar refractivity (Wildman–Crippen MR) is 130 cm³/mol. The van der Waals surface area contributed by atoms with Crippen molar-refractivity contribution in [2.75, 3.05) is 18.2 Å². The zero-order valence-corrected chi connectivity index (χ0v) is 19.9. The molecule has 0 saturated carbocycles. The van der Waals surface area contributed by atoms with Crippen molar-refractivity contribution in [3.05, 3.63) is 56.7 Å². The number of hydrogen-bond acceptors (Lipinski definition) is 7. The van der Waals surface area contributed by atoms with Crippen molar-refractivity contribution < 1.29 is 14.3 Å². The summed E-state index contributed by atoms with van der Waals surface area (Å²) in [4.78, 5) is 45.0. The minimum Gasteiger partial charge on any atom is -0.497 e. The lowest BCUT2D eigenvalue weighted by molar-refractivity contribution is -0.113. The van der Waals surface area contributed by atoms with Gasteiger partial charge in [0, 0.05) is 16.5 Å². The molecule has 0 radical (unpaired) electrons. The number of fused-ring (bicyclic) bond motifs is 1. The van der Waals surface area contributed by atoms with Crippen LogP contribution in [0.5, 0.6) is 5.75 Å². The quantitative estimate of drug-likeness (QED) is 0.348. The van der Waals surface area contributed by atoms with E-state index >= 15 is 0 Å². The van der Waals surface area contributed by atoms with Gasteiger partial charge in [-0.3, -0.25) is 14.4 Å². The number of rotatable bonds is 7. The second kappa shape index (κ2) is 9.80. The molecule has 4 N–H and O–H groups in total. The summed E-state index contributed by atoms with van der Waals surface area (Å²) in [5.74, 6) is 0.438. The molecule has 1 unspecified atom stereocenters. The van der Waals surface area contributed by atoms with E-state index in [-0.39, 0.29) is 17.2 Å². The SMILES string of the molecule is COc1ccc(-c2cc(=O)[nH]c(SCC(=O)Nc3sc4c(c3C(N)=O)CCC(C)C4)n2)cc1. The minimum absolute atomic E-state index is 0.0200. The van der Waals surface area contributed by atoms with Crippen molar-refractivity contribution in [2.24, 2.45) is 11.7 Å². The van der Waals surface area contributed by atoms with Crippen LogP contribution in [0, 0.1) is 5.92 Å². The average molecular weight is 485 g/mol. The molecule has 1 aliphatic carbocycles. The third kappa shape index (κ3) is 5.28. The number of primary amides is 1. The molecule has 172 valence electrons. The van der Waals surface area contributed by atoms with Gasteiger partial charge in [0.05, 0.1) is 24.1 Å². The number of thioether (sulfide) groups is 1. The van der Waals surface area contributed by atoms with E-state index in [1.54, 1.807) is 19.2 Å². The normalized spacial score (nSPS) is 15.0. The first kappa shape index (κ1) is 23.1. The molecule has 2 heterocycles. The lowest BCUT2D eigenvalue weighted by Crippen LogP contribution is -2.20. The first-order chi connectivity index (χ1) is 15.8. The van der Waals surface area contributed by atoms with E-state index < -0.39 is 5.91 Å². The molecule has 10 heteroatoms. The van der Waals surface area contributed by atoms with Gasteiger partial charge < -0.3 is 20.8 Å². The Hall–Kier alpha value is -3.11. The Morgan fingerprint density at radius 2 is 2.09 bits per heavy atom. The van der Waals surface area contributed by atoms with Gasteiger partial charge in [0.15, 0.2) is 5.16 Å². The van der Waals surface area contributed by atoms with Gasteiger partial charge in [-0.2, -0.15) is 0 Å². The Balaban J connectivity index is 1.47. The molecule has 3 aromatic rings. The van der Waals surface area contributed by atoms with Crippen LogP contribution < -0.4 is 21.3 Å². The van der Waals surface area contributed by atoms with Crippen molar-refractivity contribution >= 4 is 39.9 Å². The average Bonchev–Trinajstić information content (AvgIpc) is 3.14. The van der Waals surface area contributed by atoms with Crippen molar-refractivity contribution in [3.63, 3.8) is 0 Å². The molecule has 0 saturated heterocycles. The van der Waals surface area contributed by atoms with Crippen LogP contribution in [0.4, 0.5) is 5.00 Å². The van der Waals surface area contributed by atoms with Crippen LogP contribution in [0.2, 0.25) is 0 Å². The molecule has 0 aliphatic heterocycles. The maximum absolute atomic E-state index is 12.6. The largest absolute Gasteiger partial charge is 0.497 e. The van der Waals surface area contributed by atoms with E-state index in [9.17, 15) is 14.4 Å². The molecule has 0 spiro atoms. The Morgan fingerprint density at radius 3 is 2.79 bits per heavy atom. The molecular formula is C23H24N4O4S2. The van der Waals surface area contributed by atoms with Gasteiger partial charge in [-0.1, -0.05) is 18.7 Å². The monoisotopic (exact) mass is 484 g/mol. The Kier molecular flexibility index (Phi) is 6.85. The fraction of sp³-hybridized carbons (Fsp3) is 0.304. The lowest BCUT2D eigenvalue weighted by atomic mass is 9.88. The molecule has 1 aliphatic rings. The summed E-state index contributed by atoms with van der Waals surface area (Å²) in [6.45, 7) is 2.18. The fourth-order valence-corrected chi connectivity index (χ4v) is 5.92. The number of carbonyl (C=O) groups excluding carboxylic acids is 2. The summed E-state index contributed by atoms with van der Waals surface area (Å²) in [6.07, 6.45) is 2.67. The van der Waals surface area contributed by atoms with Crippen molar-refractivity contribution in [2.45, 2.75) is 31.3 Å². The number of nitrogens with two attached hydrogens (primary N) is 1. The van der Waals surface area contributed by atoms with Gasteiger partial charge in [-0.25, -0.2) is 4.98 Å². The van der Waals surface area contributed by atoms with Gasteiger partial charge in [0.2, 0.25) is 5.91 Å². The van der Waals surface area contributed by atoms with E-state index in [4.69, 9.17) is 10.5 Å². The molecule has 4 rings (SSSR count). The number of aromatic amines is 1. The van der Waals surface area contributed by atoms with E-state index in [2.05, 4.69) is 22.2 Å². The number of ether oxygens (including phenoxy) is 1. The van der Waals surface area contributed by atoms with E-state index in [0.717, 1.165) is 47.0 Å². The summed E-state index contributed by atoms with van der Waals surface area (Å²) in [7, 11) is 1.58. The number of nitrogens with zero attached hydrogens (tertiary/aromatic N) is 1. The van der Waals surface area contributed by atoms with Crippen LogP contribution in [0.1, 0.15) is 34.1 Å². The summed E-state index contributed by atoms with van der Waals surface area (Å²) >= 11 is 2.54. The third-order valence-electron chi connectivity index (χ3n) is 5.46. The summed E-state index contributed by atoms with van der Waals surface area (Å²) < 4.78 is 5.16. The number of benzene rings is 1. The minimum atomic E-state index is -0.525. The topological polar surface area (TPSA) is 127 Å². The van der Waals surface area contributed by atoms with Crippen LogP contribution in [0.3, 0.4) is 0 Å². The van der Waals surface area contributed by atoms with Crippen molar-refractivity contribution in [1.29, 1.82) is 0 Å². The summed E-state index contributed by atoms with van der Waals surface area (Å²) in [5, 5.41) is 3.66. The van der Waals surface area contributed by atoms with Gasteiger partial charge in [-0.05, 0) is 55.0 Å². The van der Waals surface area contributed by atoms with E-state index in [1.165, 1.54) is 17.4 Å². The zero-order valence-electron chi connectivity index (χ0n) is 18.3. The van der Waals surface area contributed by atoms with Crippen LogP contribution >= 0.6 is 23.1 Å². The number of aromatic nitrogens is 2. The molecule has 2 amide bonds. The molecule has 0 bridgehead atoms. The van der Waals surface area contributed by atoms with E-state index in [1.807, 2.05) is 12.1 Å². The Bertz CT molecular complexity index is 1250. The van der Waals surface area contributed by atoms with Crippen molar-refractivity contribution in [3.8, 4) is 17.0 Å². The number of carbonyl (C=O) groups is 2. The van der Waals surface area contributed by atoms with Gasteiger partial charge >= 0.3 is 0 Å². The van der Waals surface area contributed by atoms with Crippen LogP contribution in [-0.4, -0.2) is 34.6 Å². The smallest absolute Gasteiger partial charge is 0.252 e. The number of amides is 2. The summed E-state index contributed by atoms with van der Waals surface area (Å²) in [5.41, 5.74) is 7.96. The highest BCUT2D eigenvalue weighted by Crippen LogP contribution is 2.39. The zero-order chi connectivity index (χ0) is 23.5. The Labute approximate surface area is 199 Å².